The number of nitrogens with one attached hydrogen (secondary N) is 2. The largest absolute Gasteiger partial charge is 0.370 e. The highest BCUT2D eigenvalue weighted by Crippen LogP contribution is 2.39. The van der Waals surface area contributed by atoms with Crippen molar-refractivity contribution in [2.75, 3.05) is 23.7 Å². The van der Waals surface area contributed by atoms with Gasteiger partial charge in [-0.2, -0.15) is 0 Å². The van der Waals surface area contributed by atoms with E-state index in [4.69, 9.17) is 5.73 Å². The molecule has 0 unspecified atom stereocenters. The van der Waals surface area contributed by atoms with Crippen molar-refractivity contribution in [1.82, 2.24) is 9.97 Å². The number of carbonyl (C=O) groups excluding carboxylic acids is 1. The number of hydrogen-bond donors (Lipinski definition) is 3. The number of nitrogens with zero attached hydrogens (tertiary/aromatic N) is 2. The lowest BCUT2D eigenvalue weighted by molar-refractivity contribution is -0.125. The van der Waals surface area contributed by atoms with Crippen LogP contribution >= 0.6 is 0 Å². The fourth-order valence-corrected chi connectivity index (χ4v) is 1.96. The number of anilines is 2. The van der Waals surface area contributed by atoms with Crippen LogP contribution in [0.15, 0.2) is 0 Å². The van der Waals surface area contributed by atoms with Crippen molar-refractivity contribution >= 4 is 17.5 Å². The van der Waals surface area contributed by atoms with Crippen LogP contribution in [0, 0.1) is 12.3 Å². The normalized spacial score (nSPS) is 14.9. The van der Waals surface area contributed by atoms with E-state index in [0.29, 0.717) is 12.5 Å². The molecule has 0 radical (unpaired) electrons. The highest BCUT2D eigenvalue weighted by molar-refractivity contribution is 5.80. The van der Waals surface area contributed by atoms with Gasteiger partial charge in [0.25, 0.3) is 0 Å². The summed E-state index contributed by atoms with van der Waals surface area (Å²) in [6.45, 7) is 8.94. The third-order valence-corrected chi connectivity index (χ3v) is 3.81. The van der Waals surface area contributed by atoms with Gasteiger partial charge in [0, 0.05) is 24.6 Å². The molecule has 1 aromatic rings. The van der Waals surface area contributed by atoms with E-state index in [9.17, 15) is 4.79 Å². The average Bonchev–Trinajstić information content (AvgIpc) is 3.24. The molecule has 0 bridgehead atoms. The number of hydrogen-bond acceptors (Lipinski definition) is 5. The number of aromatic nitrogens is 2. The minimum atomic E-state index is -0.616. The minimum Gasteiger partial charge on any atom is -0.370 e. The maximum absolute atomic E-state index is 11.4. The zero-order chi connectivity index (χ0) is 15.6. The van der Waals surface area contributed by atoms with Crippen molar-refractivity contribution in [1.29, 1.82) is 0 Å². The minimum absolute atomic E-state index is 0.323. The van der Waals surface area contributed by atoms with Crippen LogP contribution in [0.4, 0.5) is 11.6 Å². The molecule has 1 aromatic heterocycles. The van der Waals surface area contributed by atoms with E-state index in [1.54, 1.807) is 0 Å². The van der Waals surface area contributed by atoms with Crippen LogP contribution in [-0.2, 0) is 4.79 Å². The summed E-state index contributed by atoms with van der Waals surface area (Å²) in [7, 11) is 0. The number of amides is 1. The van der Waals surface area contributed by atoms with Gasteiger partial charge in [0.2, 0.25) is 5.91 Å². The van der Waals surface area contributed by atoms with Gasteiger partial charge in [-0.1, -0.05) is 0 Å². The van der Waals surface area contributed by atoms with Gasteiger partial charge in [-0.3, -0.25) is 4.79 Å². The molecule has 0 aromatic carbocycles. The molecule has 116 valence electrons. The summed E-state index contributed by atoms with van der Waals surface area (Å²) in [6.07, 6.45) is 2.31. The first kappa shape index (κ1) is 15.5. The van der Waals surface area contributed by atoms with E-state index in [1.807, 2.05) is 27.7 Å². The lowest BCUT2D eigenvalue weighted by Gasteiger charge is -2.22. The van der Waals surface area contributed by atoms with Crippen molar-refractivity contribution in [2.45, 2.75) is 46.5 Å². The van der Waals surface area contributed by atoms with Crippen LogP contribution in [0.3, 0.4) is 0 Å². The van der Waals surface area contributed by atoms with Crippen molar-refractivity contribution in [3.05, 3.63) is 11.4 Å². The Morgan fingerprint density at radius 2 is 1.86 bits per heavy atom. The zero-order valence-corrected chi connectivity index (χ0v) is 13.3. The zero-order valence-electron chi connectivity index (χ0n) is 13.3. The molecule has 1 saturated carbocycles. The smallest absolute Gasteiger partial charge is 0.224 e. The predicted octanol–water partition coefficient (Wildman–Crippen LogP) is 2.02. The highest BCUT2D eigenvalue weighted by Gasteiger charge is 2.29. The van der Waals surface area contributed by atoms with E-state index in [0.717, 1.165) is 42.4 Å². The van der Waals surface area contributed by atoms with Crippen LogP contribution in [0.5, 0.6) is 0 Å². The van der Waals surface area contributed by atoms with Gasteiger partial charge in [-0.25, -0.2) is 9.97 Å². The van der Waals surface area contributed by atoms with Gasteiger partial charge < -0.3 is 16.4 Å². The summed E-state index contributed by atoms with van der Waals surface area (Å²) >= 11 is 0. The molecule has 0 aliphatic heterocycles. The van der Waals surface area contributed by atoms with Gasteiger partial charge in [0.1, 0.15) is 17.5 Å². The number of nitrogens with two attached hydrogens (primary N) is 1. The molecule has 1 amide bonds. The highest BCUT2D eigenvalue weighted by atomic mass is 16.1. The number of rotatable bonds is 7. The maximum Gasteiger partial charge on any atom is 0.224 e. The molecule has 0 spiro atoms. The van der Waals surface area contributed by atoms with E-state index < -0.39 is 5.41 Å². The van der Waals surface area contributed by atoms with Crippen LogP contribution < -0.4 is 16.4 Å². The fraction of sp³-hybridized carbons (Fsp3) is 0.667. The Kier molecular flexibility index (Phi) is 4.34. The molecule has 6 heteroatoms. The number of primary amides is 1. The Bertz CT molecular complexity index is 537. The fourth-order valence-electron chi connectivity index (χ4n) is 1.96. The van der Waals surface area contributed by atoms with Gasteiger partial charge in [0.05, 0.1) is 5.41 Å². The standard InChI is InChI=1S/C15H25N5O/c1-5-17-11-9(2)12(18-8-15(3,4)14(16)21)20-13(19-11)10-6-7-10/h10H,5-8H2,1-4H3,(H2,16,21)(H2,17,18,19,20). The van der Waals surface area contributed by atoms with Crippen LogP contribution in [0.1, 0.15) is 50.9 Å². The Labute approximate surface area is 125 Å². The first-order valence-corrected chi connectivity index (χ1v) is 7.51. The first-order valence-electron chi connectivity index (χ1n) is 7.51. The van der Waals surface area contributed by atoms with Crippen LogP contribution in [0.2, 0.25) is 0 Å². The third-order valence-electron chi connectivity index (χ3n) is 3.81. The monoisotopic (exact) mass is 291 g/mol. The first-order chi connectivity index (χ1) is 9.85. The van der Waals surface area contributed by atoms with E-state index >= 15 is 0 Å². The molecule has 1 aliphatic carbocycles. The maximum atomic E-state index is 11.4. The summed E-state index contributed by atoms with van der Waals surface area (Å²) in [6, 6.07) is 0. The second kappa shape index (κ2) is 5.87. The Morgan fingerprint density at radius 1 is 1.29 bits per heavy atom. The average molecular weight is 291 g/mol. The van der Waals surface area contributed by atoms with Gasteiger partial charge in [-0.15, -0.1) is 0 Å². The summed E-state index contributed by atoms with van der Waals surface area (Å²) < 4.78 is 0. The van der Waals surface area contributed by atoms with E-state index in [1.165, 1.54) is 0 Å². The summed E-state index contributed by atoms with van der Waals surface area (Å²) in [4.78, 5) is 20.7. The number of carbonyl (C=O) groups is 1. The lowest BCUT2D eigenvalue weighted by atomic mass is 9.93. The molecule has 1 heterocycles. The molecule has 2 rings (SSSR count). The van der Waals surface area contributed by atoms with Gasteiger partial charge in [0.15, 0.2) is 0 Å². The van der Waals surface area contributed by atoms with Crippen LogP contribution in [-0.4, -0.2) is 29.0 Å². The summed E-state index contributed by atoms with van der Waals surface area (Å²) in [5.41, 5.74) is 5.77. The summed E-state index contributed by atoms with van der Waals surface area (Å²) in [5, 5.41) is 6.54. The molecule has 0 atom stereocenters. The molecule has 1 fully saturated rings. The van der Waals surface area contributed by atoms with Gasteiger partial charge in [-0.05, 0) is 40.5 Å². The molecule has 21 heavy (non-hydrogen) atoms. The van der Waals surface area contributed by atoms with E-state index in [2.05, 4.69) is 20.6 Å². The second-order valence-corrected chi connectivity index (χ2v) is 6.31. The SMILES string of the molecule is CCNc1nc(C2CC2)nc(NCC(C)(C)C(N)=O)c1C. The quantitative estimate of drug-likeness (QED) is 0.714. The molecular weight excluding hydrogens is 266 g/mol. The Balaban J connectivity index is 2.22. The molecule has 6 nitrogen and oxygen atoms in total. The lowest BCUT2D eigenvalue weighted by Crippen LogP contribution is -2.37. The van der Waals surface area contributed by atoms with Gasteiger partial charge >= 0.3 is 0 Å². The van der Waals surface area contributed by atoms with E-state index in [-0.39, 0.29) is 5.91 Å². The van der Waals surface area contributed by atoms with Crippen molar-refractivity contribution in [3.63, 3.8) is 0 Å². The van der Waals surface area contributed by atoms with Crippen LogP contribution in [0.25, 0.3) is 0 Å². The topological polar surface area (TPSA) is 92.9 Å². The predicted molar refractivity (Wildman–Crippen MR) is 84.4 cm³/mol. The molecule has 0 saturated heterocycles. The van der Waals surface area contributed by atoms with Crippen molar-refractivity contribution in [2.24, 2.45) is 11.1 Å². The molecule has 4 N–H and O–H groups in total. The third kappa shape index (κ3) is 3.62. The van der Waals surface area contributed by atoms with Crippen molar-refractivity contribution < 1.29 is 4.79 Å². The summed E-state index contributed by atoms with van der Waals surface area (Å²) in [5.74, 6) is 2.70. The van der Waals surface area contributed by atoms with Crippen molar-refractivity contribution in [3.8, 4) is 0 Å². The molecule has 1 aliphatic rings. The Morgan fingerprint density at radius 3 is 2.33 bits per heavy atom. The Hall–Kier alpha value is -1.85. The molecular formula is C15H25N5O. The second-order valence-electron chi connectivity index (χ2n) is 6.31.